The summed E-state index contributed by atoms with van der Waals surface area (Å²) in [6.07, 6.45) is 3.10. The molecule has 0 fully saturated rings. The van der Waals surface area contributed by atoms with Crippen LogP contribution in [0.3, 0.4) is 0 Å². The summed E-state index contributed by atoms with van der Waals surface area (Å²) in [5.41, 5.74) is 0.614. The Morgan fingerprint density at radius 3 is 2.48 bits per heavy atom. The van der Waals surface area contributed by atoms with Gasteiger partial charge in [0.05, 0.1) is 5.57 Å². The molecular weight excluding hydrogens is 268 g/mol. The molecule has 0 spiro atoms. The molecular formula is C16H19N2O3. The average Bonchev–Trinajstić information content (AvgIpc) is 2.51. The van der Waals surface area contributed by atoms with Crippen LogP contribution in [0.1, 0.15) is 19.4 Å². The van der Waals surface area contributed by atoms with Crippen molar-refractivity contribution in [2.24, 2.45) is 0 Å². The van der Waals surface area contributed by atoms with E-state index in [0.717, 1.165) is 5.56 Å². The van der Waals surface area contributed by atoms with Crippen molar-refractivity contribution in [2.45, 2.75) is 19.9 Å². The van der Waals surface area contributed by atoms with E-state index < -0.39 is 11.9 Å². The quantitative estimate of drug-likeness (QED) is 0.485. The zero-order chi connectivity index (χ0) is 15.8. The molecule has 0 heterocycles. The third-order valence-electron chi connectivity index (χ3n) is 3.08. The highest BCUT2D eigenvalue weighted by Crippen LogP contribution is 2.09. The molecule has 0 aliphatic carbocycles. The zero-order valence-electron chi connectivity index (χ0n) is 12.4. The first-order chi connectivity index (χ1) is 10.0. The summed E-state index contributed by atoms with van der Waals surface area (Å²) in [4.78, 5) is 36.2. The number of benzene rings is 1. The number of nitrogens with zero attached hydrogens (tertiary/aromatic N) is 1. The molecule has 1 rings (SSSR count). The van der Waals surface area contributed by atoms with E-state index in [1.165, 1.54) is 18.0 Å². The van der Waals surface area contributed by atoms with Gasteiger partial charge in [-0.1, -0.05) is 30.3 Å². The van der Waals surface area contributed by atoms with Gasteiger partial charge in [0.2, 0.25) is 12.2 Å². The number of rotatable bonds is 6. The molecule has 0 aliphatic rings. The van der Waals surface area contributed by atoms with Gasteiger partial charge in [-0.3, -0.25) is 14.4 Å². The number of carbonyl (C=O) groups excluding carboxylic acids is 3. The van der Waals surface area contributed by atoms with Crippen LogP contribution in [0.15, 0.2) is 35.9 Å². The van der Waals surface area contributed by atoms with Crippen LogP contribution >= 0.6 is 0 Å². The van der Waals surface area contributed by atoms with Crippen LogP contribution in [-0.4, -0.2) is 42.6 Å². The molecule has 0 aliphatic heterocycles. The summed E-state index contributed by atoms with van der Waals surface area (Å²) >= 11 is 0. The second kappa shape index (κ2) is 7.99. The molecule has 5 nitrogen and oxygen atoms in total. The Morgan fingerprint density at radius 2 is 1.95 bits per heavy atom. The lowest BCUT2D eigenvalue weighted by Gasteiger charge is -2.23. The van der Waals surface area contributed by atoms with E-state index in [4.69, 9.17) is 0 Å². The Morgan fingerprint density at radius 1 is 1.33 bits per heavy atom. The second-order valence-electron chi connectivity index (χ2n) is 4.56. The van der Waals surface area contributed by atoms with Crippen molar-refractivity contribution >= 4 is 24.2 Å². The van der Waals surface area contributed by atoms with Gasteiger partial charge in [-0.05, 0) is 25.5 Å². The topological polar surface area (TPSA) is 66.5 Å². The number of likely N-dealkylation sites (N-methyl/N-ethyl adjacent to an activating group) is 2. The minimum Gasteiger partial charge on any atom is -0.355 e. The fourth-order valence-corrected chi connectivity index (χ4v) is 1.71. The van der Waals surface area contributed by atoms with E-state index in [0.29, 0.717) is 6.54 Å². The smallest absolute Gasteiger partial charge is 0.258 e. The molecule has 1 unspecified atom stereocenters. The molecule has 0 saturated carbocycles. The minimum absolute atomic E-state index is 0.111. The SMILES string of the molecule is CCNC(=O)C(C)N(C)C(=O)C([C]=O)=Cc1ccccc1. The lowest BCUT2D eigenvalue weighted by molar-refractivity contribution is -0.135. The van der Waals surface area contributed by atoms with Crippen LogP contribution in [-0.2, 0) is 14.4 Å². The van der Waals surface area contributed by atoms with Crippen LogP contribution in [0.4, 0.5) is 0 Å². The second-order valence-corrected chi connectivity index (χ2v) is 4.56. The Bertz CT molecular complexity index is 538. The first-order valence-corrected chi connectivity index (χ1v) is 6.71. The zero-order valence-corrected chi connectivity index (χ0v) is 12.4. The first kappa shape index (κ1) is 16.6. The van der Waals surface area contributed by atoms with Gasteiger partial charge in [0.1, 0.15) is 6.04 Å². The van der Waals surface area contributed by atoms with Gasteiger partial charge < -0.3 is 10.2 Å². The van der Waals surface area contributed by atoms with Crippen molar-refractivity contribution < 1.29 is 14.4 Å². The standard InChI is InChI=1S/C16H19N2O3/c1-4-17-15(20)12(2)18(3)16(21)14(11-19)10-13-8-6-5-7-9-13/h5-10,12H,4H2,1-3H3,(H,17,20). The Kier molecular flexibility index (Phi) is 6.33. The molecule has 1 N–H and O–H groups in total. The molecule has 0 aromatic heterocycles. The highest BCUT2D eigenvalue weighted by molar-refractivity contribution is 6.15. The molecule has 1 atom stereocenters. The fourth-order valence-electron chi connectivity index (χ4n) is 1.71. The molecule has 1 aromatic rings. The largest absolute Gasteiger partial charge is 0.355 e. The summed E-state index contributed by atoms with van der Waals surface area (Å²) in [5, 5.41) is 2.64. The van der Waals surface area contributed by atoms with Gasteiger partial charge in [0, 0.05) is 13.6 Å². The maximum absolute atomic E-state index is 12.2. The molecule has 21 heavy (non-hydrogen) atoms. The maximum atomic E-state index is 12.2. The first-order valence-electron chi connectivity index (χ1n) is 6.71. The van der Waals surface area contributed by atoms with Crippen molar-refractivity contribution in [1.82, 2.24) is 10.2 Å². The molecule has 1 aromatic carbocycles. The number of amides is 2. The van der Waals surface area contributed by atoms with E-state index in [-0.39, 0.29) is 11.5 Å². The number of hydrogen-bond donors (Lipinski definition) is 1. The molecule has 0 saturated heterocycles. The molecule has 5 heteroatoms. The lowest BCUT2D eigenvalue weighted by atomic mass is 10.1. The average molecular weight is 287 g/mol. The van der Waals surface area contributed by atoms with E-state index in [1.807, 2.05) is 6.07 Å². The van der Waals surface area contributed by atoms with Crippen LogP contribution < -0.4 is 5.32 Å². The summed E-state index contributed by atoms with van der Waals surface area (Å²) in [7, 11) is 1.48. The Labute approximate surface area is 124 Å². The van der Waals surface area contributed by atoms with Crippen LogP contribution in [0.2, 0.25) is 0 Å². The van der Waals surface area contributed by atoms with Crippen LogP contribution in [0.5, 0.6) is 0 Å². The predicted molar refractivity (Wildman–Crippen MR) is 81.0 cm³/mol. The molecule has 0 bridgehead atoms. The van der Waals surface area contributed by atoms with Crippen molar-refractivity contribution in [2.75, 3.05) is 13.6 Å². The van der Waals surface area contributed by atoms with E-state index in [1.54, 1.807) is 44.4 Å². The number of carbonyl (C=O) groups is 2. The van der Waals surface area contributed by atoms with E-state index in [2.05, 4.69) is 5.32 Å². The van der Waals surface area contributed by atoms with Gasteiger partial charge in [-0.25, -0.2) is 0 Å². The van der Waals surface area contributed by atoms with Gasteiger partial charge in [-0.2, -0.15) is 0 Å². The third-order valence-corrected chi connectivity index (χ3v) is 3.08. The summed E-state index contributed by atoms with van der Waals surface area (Å²) in [6, 6.07) is 8.34. The van der Waals surface area contributed by atoms with Crippen LogP contribution in [0.25, 0.3) is 6.08 Å². The summed E-state index contributed by atoms with van der Waals surface area (Å²) in [6.45, 7) is 3.89. The van der Waals surface area contributed by atoms with Gasteiger partial charge in [0.15, 0.2) is 0 Å². The maximum Gasteiger partial charge on any atom is 0.258 e. The monoisotopic (exact) mass is 287 g/mol. The molecule has 111 valence electrons. The van der Waals surface area contributed by atoms with Gasteiger partial charge in [0.25, 0.3) is 5.91 Å². The highest BCUT2D eigenvalue weighted by atomic mass is 16.2. The predicted octanol–water partition coefficient (Wildman–Crippen LogP) is 1.16. The Hall–Kier alpha value is -2.43. The van der Waals surface area contributed by atoms with Crippen LogP contribution in [0, 0.1) is 0 Å². The summed E-state index contributed by atoms with van der Waals surface area (Å²) < 4.78 is 0. The molecule has 2 amide bonds. The highest BCUT2D eigenvalue weighted by Gasteiger charge is 2.24. The van der Waals surface area contributed by atoms with Crippen molar-refractivity contribution in [3.8, 4) is 0 Å². The Balaban J connectivity index is 2.91. The minimum atomic E-state index is -0.662. The van der Waals surface area contributed by atoms with Crippen molar-refractivity contribution in [3.63, 3.8) is 0 Å². The van der Waals surface area contributed by atoms with E-state index >= 15 is 0 Å². The van der Waals surface area contributed by atoms with Gasteiger partial charge in [-0.15, -0.1) is 0 Å². The fraction of sp³-hybridized carbons (Fsp3) is 0.312. The number of nitrogens with one attached hydrogen (secondary N) is 1. The lowest BCUT2D eigenvalue weighted by Crippen LogP contribution is -2.46. The van der Waals surface area contributed by atoms with Crippen molar-refractivity contribution in [1.29, 1.82) is 0 Å². The van der Waals surface area contributed by atoms with Gasteiger partial charge >= 0.3 is 0 Å². The number of hydrogen-bond acceptors (Lipinski definition) is 3. The normalized spacial score (nSPS) is 12.4. The van der Waals surface area contributed by atoms with Crippen molar-refractivity contribution in [3.05, 3.63) is 41.5 Å². The summed E-state index contributed by atoms with van der Waals surface area (Å²) in [5.74, 6) is -0.800. The third kappa shape index (κ3) is 4.56. The molecule has 1 radical (unpaired) electrons. The van der Waals surface area contributed by atoms with E-state index in [9.17, 15) is 14.4 Å².